The summed E-state index contributed by atoms with van der Waals surface area (Å²) in [7, 11) is 1.29. The van der Waals surface area contributed by atoms with Gasteiger partial charge in [-0.05, 0) is 18.8 Å². The third-order valence-corrected chi connectivity index (χ3v) is 3.27. The van der Waals surface area contributed by atoms with Crippen molar-refractivity contribution in [2.45, 2.75) is 45.6 Å². The van der Waals surface area contributed by atoms with Gasteiger partial charge in [-0.3, -0.25) is 9.59 Å². The minimum Gasteiger partial charge on any atom is -0.467 e. The number of carbonyl (C=O) groups excluding carboxylic acids is 3. The predicted molar refractivity (Wildman–Crippen MR) is 65.7 cm³/mol. The highest BCUT2D eigenvalue weighted by molar-refractivity contribution is 5.87. The van der Waals surface area contributed by atoms with Crippen molar-refractivity contribution in [1.29, 1.82) is 0 Å². The van der Waals surface area contributed by atoms with E-state index in [-0.39, 0.29) is 23.5 Å². The van der Waals surface area contributed by atoms with Gasteiger partial charge in [-0.2, -0.15) is 0 Å². The molecule has 1 aliphatic carbocycles. The zero-order valence-electron chi connectivity index (χ0n) is 11.2. The highest BCUT2D eigenvalue weighted by atomic mass is 16.5. The molecule has 1 N–H and O–H groups in total. The Bertz CT molecular complexity index is 338. The highest BCUT2D eigenvalue weighted by Crippen LogP contribution is 2.25. The average Bonchev–Trinajstić information content (AvgIpc) is 2.34. The molecule has 0 aromatic rings. The van der Waals surface area contributed by atoms with Gasteiger partial charge in [-0.15, -0.1) is 0 Å². The van der Waals surface area contributed by atoms with Crippen molar-refractivity contribution in [3.8, 4) is 0 Å². The van der Waals surface area contributed by atoms with E-state index in [1.54, 1.807) is 13.8 Å². The smallest absolute Gasteiger partial charge is 0.328 e. The average molecular weight is 255 g/mol. The normalized spacial score (nSPS) is 21.6. The molecule has 0 saturated heterocycles. The van der Waals surface area contributed by atoms with Gasteiger partial charge < -0.3 is 10.1 Å². The van der Waals surface area contributed by atoms with Gasteiger partial charge in [0.2, 0.25) is 5.91 Å². The molecule has 0 bridgehead atoms. The van der Waals surface area contributed by atoms with Gasteiger partial charge in [0.25, 0.3) is 0 Å². The van der Waals surface area contributed by atoms with Crippen LogP contribution in [-0.2, 0) is 19.1 Å². The lowest BCUT2D eigenvalue weighted by atomic mass is 9.83. The van der Waals surface area contributed by atoms with Crippen molar-refractivity contribution >= 4 is 17.7 Å². The molecule has 1 saturated carbocycles. The van der Waals surface area contributed by atoms with Crippen molar-refractivity contribution < 1.29 is 19.1 Å². The minimum atomic E-state index is -0.700. The first-order valence-electron chi connectivity index (χ1n) is 6.35. The number of carbonyl (C=O) groups is 3. The van der Waals surface area contributed by atoms with Crippen LogP contribution in [0.3, 0.4) is 0 Å². The van der Waals surface area contributed by atoms with Crippen molar-refractivity contribution in [3.05, 3.63) is 0 Å². The molecule has 0 radical (unpaired) electrons. The Kier molecular flexibility index (Phi) is 5.31. The van der Waals surface area contributed by atoms with E-state index in [0.29, 0.717) is 12.8 Å². The third kappa shape index (κ3) is 3.82. The topological polar surface area (TPSA) is 72.5 Å². The number of esters is 1. The maximum absolute atomic E-state index is 11.7. The lowest BCUT2D eigenvalue weighted by Crippen LogP contribution is -2.49. The molecule has 2 atom stereocenters. The van der Waals surface area contributed by atoms with Crippen LogP contribution in [-0.4, -0.2) is 30.8 Å². The fraction of sp³-hybridized carbons (Fsp3) is 0.769. The maximum atomic E-state index is 11.7. The lowest BCUT2D eigenvalue weighted by Gasteiger charge is -2.28. The fourth-order valence-corrected chi connectivity index (χ4v) is 2.16. The van der Waals surface area contributed by atoms with Crippen LogP contribution >= 0.6 is 0 Å². The van der Waals surface area contributed by atoms with E-state index in [4.69, 9.17) is 4.74 Å². The second-order valence-corrected chi connectivity index (χ2v) is 5.06. The summed E-state index contributed by atoms with van der Waals surface area (Å²) in [6, 6.07) is -0.700. The van der Waals surface area contributed by atoms with E-state index in [2.05, 4.69) is 5.32 Å². The van der Waals surface area contributed by atoms with Crippen LogP contribution in [0.1, 0.15) is 39.5 Å². The first-order chi connectivity index (χ1) is 8.45. The summed E-state index contributed by atoms with van der Waals surface area (Å²) in [5.41, 5.74) is 0. The van der Waals surface area contributed by atoms with Crippen LogP contribution in [0.2, 0.25) is 0 Å². The van der Waals surface area contributed by atoms with Crippen molar-refractivity contribution in [2.24, 2.45) is 11.8 Å². The molecule has 0 aliphatic heterocycles. The van der Waals surface area contributed by atoms with Gasteiger partial charge in [0.05, 0.1) is 7.11 Å². The van der Waals surface area contributed by atoms with E-state index in [1.807, 2.05) is 0 Å². The predicted octanol–water partition coefficient (Wildman–Crippen LogP) is 1.06. The number of nitrogens with one attached hydrogen (secondary N) is 1. The van der Waals surface area contributed by atoms with Crippen molar-refractivity contribution in [3.63, 3.8) is 0 Å². The molecule has 5 heteroatoms. The van der Waals surface area contributed by atoms with Crippen LogP contribution < -0.4 is 5.32 Å². The Balaban J connectivity index is 2.74. The molecule has 1 aliphatic rings. The summed E-state index contributed by atoms with van der Waals surface area (Å²) >= 11 is 0. The van der Waals surface area contributed by atoms with Gasteiger partial charge in [-0.25, -0.2) is 4.79 Å². The molecule has 0 spiro atoms. The second kappa shape index (κ2) is 6.52. The molecule has 0 aromatic heterocycles. The molecule has 1 rings (SSSR count). The molecule has 1 amide bonds. The van der Waals surface area contributed by atoms with E-state index in [0.717, 1.165) is 12.8 Å². The van der Waals surface area contributed by atoms with E-state index >= 15 is 0 Å². The summed E-state index contributed by atoms with van der Waals surface area (Å²) in [5, 5.41) is 2.69. The monoisotopic (exact) mass is 255 g/mol. The van der Waals surface area contributed by atoms with Crippen LogP contribution in [0.4, 0.5) is 0 Å². The Morgan fingerprint density at radius 2 is 2.06 bits per heavy atom. The van der Waals surface area contributed by atoms with Crippen LogP contribution in [0, 0.1) is 11.8 Å². The Morgan fingerprint density at radius 3 is 2.56 bits per heavy atom. The minimum absolute atomic E-state index is 0.138. The standard InChI is InChI=1S/C13H21NO4/c1-8(2)12(16)14-11(13(17)18-3)9-5-4-6-10(15)7-9/h8-9,11H,4-7H2,1-3H3,(H,14,16)/t9-,11+/m0/s1. The van der Waals surface area contributed by atoms with Gasteiger partial charge in [-0.1, -0.05) is 13.8 Å². The zero-order chi connectivity index (χ0) is 13.7. The van der Waals surface area contributed by atoms with Crippen molar-refractivity contribution in [1.82, 2.24) is 5.32 Å². The number of Topliss-reactive ketones (excluding diaryl/α,β-unsaturated/α-hetero) is 1. The van der Waals surface area contributed by atoms with E-state index in [9.17, 15) is 14.4 Å². The number of hydrogen-bond acceptors (Lipinski definition) is 4. The molecule has 102 valence electrons. The number of ether oxygens (including phenoxy) is 1. The van der Waals surface area contributed by atoms with Crippen LogP contribution in [0.15, 0.2) is 0 Å². The number of methoxy groups -OCH3 is 1. The Hall–Kier alpha value is -1.39. The zero-order valence-corrected chi connectivity index (χ0v) is 11.2. The molecule has 18 heavy (non-hydrogen) atoms. The lowest BCUT2D eigenvalue weighted by molar-refractivity contribution is -0.147. The Labute approximate surface area is 107 Å². The summed E-state index contributed by atoms with van der Waals surface area (Å²) in [6.45, 7) is 3.52. The maximum Gasteiger partial charge on any atom is 0.328 e. The summed E-state index contributed by atoms with van der Waals surface area (Å²) in [4.78, 5) is 34.9. The summed E-state index contributed by atoms with van der Waals surface area (Å²) in [5.74, 6) is -0.844. The Morgan fingerprint density at radius 1 is 1.39 bits per heavy atom. The fourth-order valence-electron chi connectivity index (χ4n) is 2.16. The van der Waals surface area contributed by atoms with Gasteiger partial charge >= 0.3 is 5.97 Å². The first-order valence-corrected chi connectivity index (χ1v) is 6.35. The molecular formula is C13H21NO4. The van der Waals surface area contributed by atoms with Crippen LogP contribution in [0.5, 0.6) is 0 Å². The van der Waals surface area contributed by atoms with Gasteiger partial charge in [0, 0.05) is 18.8 Å². The van der Waals surface area contributed by atoms with E-state index in [1.165, 1.54) is 7.11 Å². The van der Waals surface area contributed by atoms with Gasteiger partial charge in [0.15, 0.2) is 0 Å². The molecule has 5 nitrogen and oxygen atoms in total. The highest BCUT2D eigenvalue weighted by Gasteiger charge is 2.34. The molecule has 0 unspecified atom stereocenters. The second-order valence-electron chi connectivity index (χ2n) is 5.06. The summed E-state index contributed by atoms with van der Waals surface area (Å²) in [6.07, 6.45) is 2.46. The number of amides is 1. The van der Waals surface area contributed by atoms with Crippen molar-refractivity contribution in [2.75, 3.05) is 7.11 Å². The van der Waals surface area contributed by atoms with E-state index < -0.39 is 12.0 Å². The summed E-state index contributed by atoms with van der Waals surface area (Å²) < 4.78 is 4.72. The largest absolute Gasteiger partial charge is 0.467 e. The molecule has 1 fully saturated rings. The SMILES string of the molecule is COC(=O)[C@H](NC(=O)C(C)C)[C@H]1CCCC(=O)C1. The third-order valence-electron chi connectivity index (χ3n) is 3.27. The molecule has 0 aromatic carbocycles. The van der Waals surface area contributed by atoms with Gasteiger partial charge in [0.1, 0.15) is 11.8 Å². The van der Waals surface area contributed by atoms with Crippen LogP contribution in [0.25, 0.3) is 0 Å². The molecular weight excluding hydrogens is 234 g/mol. The number of hydrogen-bond donors (Lipinski definition) is 1. The first kappa shape index (κ1) is 14.7. The number of ketones is 1. The molecule has 0 heterocycles. The quantitative estimate of drug-likeness (QED) is 0.762. The number of rotatable bonds is 4.